The zero-order chi connectivity index (χ0) is 17.3. The second kappa shape index (κ2) is 6.26. The van der Waals surface area contributed by atoms with E-state index in [0.717, 1.165) is 0 Å². The first-order valence-corrected chi connectivity index (χ1v) is 10.4. The van der Waals surface area contributed by atoms with Gasteiger partial charge in [-0.15, -0.1) is 6.58 Å². The molecular formula is C15H21NO5S2. The molecule has 1 aromatic rings. The van der Waals surface area contributed by atoms with Crippen LogP contribution in [0, 0.1) is 0 Å². The van der Waals surface area contributed by atoms with Crippen LogP contribution in [-0.4, -0.2) is 51.8 Å². The third kappa shape index (κ3) is 3.59. The highest BCUT2D eigenvalue weighted by molar-refractivity contribution is 7.92. The molecule has 0 aromatic heterocycles. The summed E-state index contributed by atoms with van der Waals surface area (Å²) in [4.78, 5) is 0.102. The van der Waals surface area contributed by atoms with Crippen LogP contribution in [-0.2, 0) is 19.9 Å². The zero-order valence-electron chi connectivity index (χ0n) is 13.2. The maximum Gasteiger partial charge on any atom is 0.243 e. The van der Waals surface area contributed by atoms with Gasteiger partial charge in [0.15, 0.2) is 9.84 Å². The number of methoxy groups -OCH3 is 1. The average molecular weight is 359 g/mol. The van der Waals surface area contributed by atoms with E-state index < -0.39 is 25.4 Å². The third-order valence-corrected chi connectivity index (χ3v) is 7.95. The van der Waals surface area contributed by atoms with Crippen molar-refractivity contribution in [2.75, 3.05) is 25.2 Å². The van der Waals surface area contributed by atoms with Crippen molar-refractivity contribution < 1.29 is 21.6 Å². The quantitative estimate of drug-likeness (QED) is 0.718. The van der Waals surface area contributed by atoms with E-state index >= 15 is 0 Å². The Morgan fingerprint density at radius 1 is 1.35 bits per heavy atom. The molecule has 0 unspecified atom stereocenters. The van der Waals surface area contributed by atoms with Crippen LogP contribution in [0.4, 0.5) is 0 Å². The number of sulfone groups is 1. The van der Waals surface area contributed by atoms with Crippen molar-refractivity contribution >= 4 is 19.9 Å². The molecule has 1 atom stereocenters. The molecule has 0 saturated carbocycles. The molecule has 1 saturated heterocycles. The Kier molecular flexibility index (Phi) is 4.89. The number of rotatable bonds is 6. The zero-order valence-corrected chi connectivity index (χ0v) is 14.9. The van der Waals surface area contributed by atoms with Gasteiger partial charge in [-0.3, -0.25) is 0 Å². The Balaban J connectivity index is 2.45. The highest BCUT2D eigenvalue weighted by Crippen LogP contribution is 2.34. The minimum Gasteiger partial charge on any atom is -0.497 e. The van der Waals surface area contributed by atoms with E-state index in [4.69, 9.17) is 4.74 Å². The fourth-order valence-corrected chi connectivity index (χ4v) is 6.79. The molecule has 1 fully saturated rings. The molecule has 0 N–H and O–H groups in total. The Hall–Kier alpha value is -1.38. The van der Waals surface area contributed by atoms with Crippen LogP contribution in [0.2, 0.25) is 0 Å². The molecule has 6 nitrogen and oxygen atoms in total. The predicted octanol–water partition coefficient (Wildman–Crippen LogP) is 1.45. The summed E-state index contributed by atoms with van der Waals surface area (Å²) in [6, 6.07) is 6.04. The smallest absolute Gasteiger partial charge is 0.243 e. The van der Waals surface area contributed by atoms with Crippen LogP contribution < -0.4 is 4.74 Å². The van der Waals surface area contributed by atoms with Crippen LogP contribution in [0.25, 0.3) is 0 Å². The van der Waals surface area contributed by atoms with Gasteiger partial charge in [0.25, 0.3) is 0 Å². The number of hydrogen-bond acceptors (Lipinski definition) is 5. The van der Waals surface area contributed by atoms with Crippen LogP contribution in [0.5, 0.6) is 5.75 Å². The highest BCUT2D eigenvalue weighted by Gasteiger charge is 2.47. The molecule has 0 radical (unpaired) electrons. The Morgan fingerprint density at radius 2 is 1.96 bits per heavy atom. The van der Waals surface area contributed by atoms with Gasteiger partial charge < -0.3 is 4.74 Å². The molecule has 0 amide bonds. The number of sulfonamides is 1. The molecule has 1 aromatic carbocycles. The summed E-state index contributed by atoms with van der Waals surface area (Å²) in [7, 11) is -5.57. The summed E-state index contributed by atoms with van der Waals surface area (Å²) >= 11 is 0. The maximum absolute atomic E-state index is 13.0. The molecule has 0 spiro atoms. The fourth-order valence-electron chi connectivity index (χ4n) is 2.79. The van der Waals surface area contributed by atoms with Crippen LogP contribution in [0.1, 0.15) is 13.3 Å². The molecule has 23 heavy (non-hydrogen) atoms. The Labute approximate surface area is 137 Å². The lowest BCUT2D eigenvalue weighted by Gasteiger charge is -2.35. The Bertz CT molecular complexity index is 784. The van der Waals surface area contributed by atoms with Crippen molar-refractivity contribution in [2.24, 2.45) is 0 Å². The van der Waals surface area contributed by atoms with E-state index in [9.17, 15) is 16.8 Å². The number of benzene rings is 1. The number of hydrogen-bond donors (Lipinski definition) is 0. The second-order valence-electron chi connectivity index (χ2n) is 5.84. The SMILES string of the molecule is C=CCN([C@@]1(C)CCS(=O)(=O)C1)S(=O)(=O)c1ccc(OC)cc1. The van der Waals surface area contributed by atoms with Crippen LogP contribution >= 0.6 is 0 Å². The normalized spacial score (nSPS) is 23.8. The molecule has 0 bridgehead atoms. The summed E-state index contributed by atoms with van der Waals surface area (Å²) in [5.41, 5.74) is -0.966. The van der Waals surface area contributed by atoms with Gasteiger partial charge in [0.2, 0.25) is 10.0 Å². The summed E-state index contributed by atoms with van der Waals surface area (Å²) < 4.78 is 55.9. The minimum atomic E-state index is -3.84. The van der Waals surface area contributed by atoms with Crippen LogP contribution in [0.15, 0.2) is 41.8 Å². The van der Waals surface area contributed by atoms with Gasteiger partial charge in [-0.1, -0.05) is 6.08 Å². The lowest BCUT2D eigenvalue weighted by atomic mass is 10.0. The predicted molar refractivity (Wildman–Crippen MR) is 88.8 cm³/mol. The summed E-state index contributed by atoms with van der Waals surface area (Å²) in [6.45, 7) is 5.32. The van der Waals surface area contributed by atoms with E-state index in [2.05, 4.69) is 6.58 Å². The molecule has 8 heteroatoms. The first-order valence-electron chi connectivity index (χ1n) is 7.13. The van der Waals surface area contributed by atoms with Gasteiger partial charge in [-0.25, -0.2) is 16.8 Å². The van der Waals surface area contributed by atoms with Crippen molar-refractivity contribution in [3.05, 3.63) is 36.9 Å². The standard InChI is InChI=1S/C15H21NO5S2/c1-4-10-16(15(2)9-11-22(17,18)12-15)23(19,20)14-7-5-13(21-3)6-8-14/h4-8H,1,9-12H2,2-3H3/t15-/m0/s1. The third-order valence-electron chi connectivity index (χ3n) is 4.03. The van der Waals surface area contributed by atoms with E-state index in [-0.39, 0.29) is 29.4 Å². The first kappa shape index (κ1) is 18.0. The first-order chi connectivity index (χ1) is 10.6. The minimum absolute atomic E-state index is 0.00469. The topological polar surface area (TPSA) is 80.8 Å². The van der Waals surface area contributed by atoms with Gasteiger partial charge in [0.1, 0.15) is 5.75 Å². The second-order valence-corrected chi connectivity index (χ2v) is 9.89. The largest absolute Gasteiger partial charge is 0.497 e. The number of ether oxygens (including phenoxy) is 1. The molecule has 128 valence electrons. The monoisotopic (exact) mass is 359 g/mol. The maximum atomic E-state index is 13.0. The van der Waals surface area contributed by atoms with Gasteiger partial charge >= 0.3 is 0 Å². The van der Waals surface area contributed by atoms with E-state index in [0.29, 0.717) is 5.75 Å². The number of nitrogens with zero attached hydrogens (tertiary/aromatic N) is 1. The van der Waals surface area contributed by atoms with Gasteiger partial charge in [-0.2, -0.15) is 4.31 Å². The Morgan fingerprint density at radius 3 is 2.39 bits per heavy atom. The lowest BCUT2D eigenvalue weighted by molar-refractivity contribution is 0.252. The van der Waals surface area contributed by atoms with E-state index in [1.165, 1.54) is 29.6 Å². The van der Waals surface area contributed by atoms with Crippen molar-refractivity contribution in [3.8, 4) is 5.75 Å². The lowest BCUT2D eigenvalue weighted by Crippen LogP contribution is -2.50. The van der Waals surface area contributed by atoms with Crippen molar-refractivity contribution in [3.63, 3.8) is 0 Å². The highest BCUT2D eigenvalue weighted by atomic mass is 32.2. The molecule has 1 heterocycles. The fraction of sp³-hybridized carbons (Fsp3) is 0.467. The van der Waals surface area contributed by atoms with E-state index in [1.807, 2.05) is 0 Å². The van der Waals surface area contributed by atoms with Crippen LogP contribution in [0.3, 0.4) is 0 Å². The molecular weight excluding hydrogens is 338 g/mol. The molecule has 2 rings (SSSR count). The van der Waals surface area contributed by atoms with Gasteiger partial charge in [0.05, 0.1) is 23.5 Å². The van der Waals surface area contributed by atoms with Gasteiger partial charge in [0, 0.05) is 12.1 Å². The molecule has 1 aliphatic heterocycles. The summed E-state index contributed by atoms with van der Waals surface area (Å²) in [5, 5.41) is 0. The van der Waals surface area contributed by atoms with Crippen molar-refractivity contribution in [1.29, 1.82) is 0 Å². The van der Waals surface area contributed by atoms with Crippen molar-refractivity contribution in [1.82, 2.24) is 4.31 Å². The molecule has 0 aliphatic carbocycles. The summed E-state index contributed by atoms with van der Waals surface area (Å²) in [5.74, 6) is 0.368. The average Bonchev–Trinajstić information content (AvgIpc) is 2.79. The summed E-state index contributed by atoms with van der Waals surface area (Å²) in [6.07, 6.45) is 1.75. The molecule has 1 aliphatic rings. The van der Waals surface area contributed by atoms with E-state index in [1.54, 1.807) is 19.1 Å². The van der Waals surface area contributed by atoms with Gasteiger partial charge in [-0.05, 0) is 37.6 Å². The van der Waals surface area contributed by atoms with Crippen molar-refractivity contribution in [2.45, 2.75) is 23.8 Å².